The Balaban J connectivity index is 0.920. The number of carbonyl (C=O) groups is 1. The number of allylic oxidation sites excluding steroid dienone is 1. The highest BCUT2D eigenvalue weighted by molar-refractivity contribution is 5.69. The van der Waals surface area contributed by atoms with E-state index in [-0.39, 0.29) is 23.3 Å². The number of fused-ring (bicyclic) bond motifs is 7. The van der Waals surface area contributed by atoms with Gasteiger partial charge in [0, 0.05) is 25.2 Å². The monoisotopic (exact) mass is 653 g/mol. The molecule has 0 amide bonds. The van der Waals surface area contributed by atoms with Gasteiger partial charge in [0.15, 0.2) is 5.79 Å². The summed E-state index contributed by atoms with van der Waals surface area (Å²) >= 11 is 0. The van der Waals surface area contributed by atoms with Gasteiger partial charge in [-0.1, -0.05) is 123 Å². The molecule has 1 spiro atoms. The van der Waals surface area contributed by atoms with E-state index >= 15 is 0 Å². The van der Waals surface area contributed by atoms with E-state index in [1.54, 1.807) is 5.57 Å². The van der Waals surface area contributed by atoms with E-state index in [4.69, 9.17) is 14.2 Å². The third-order valence-electron chi connectivity index (χ3n) is 15.1. The summed E-state index contributed by atoms with van der Waals surface area (Å²) in [4.78, 5) is 12.8. The first-order valence-corrected chi connectivity index (χ1v) is 20.9. The zero-order valence-electron chi connectivity index (χ0n) is 31.3. The van der Waals surface area contributed by atoms with Crippen molar-refractivity contribution >= 4 is 5.97 Å². The van der Waals surface area contributed by atoms with E-state index in [0.29, 0.717) is 35.7 Å². The van der Waals surface area contributed by atoms with Gasteiger partial charge in [0.05, 0.1) is 12.7 Å². The van der Waals surface area contributed by atoms with Crippen LogP contribution in [0.1, 0.15) is 182 Å². The lowest BCUT2D eigenvalue weighted by atomic mass is 9.47. The van der Waals surface area contributed by atoms with Crippen LogP contribution in [0.4, 0.5) is 0 Å². The molecular weight excluding hydrogens is 580 g/mol. The maximum absolute atomic E-state index is 12.8. The minimum Gasteiger partial charge on any atom is -0.462 e. The Bertz CT molecular complexity index is 1060. The highest BCUT2D eigenvalue weighted by Gasteiger charge is 2.68. The second-order valence-electron chi connectivity index (χ2n) is 18.1. The summed E-state index contributed by atoms with van der Waals surface area (Å²) in [5.41, 5.74) is 2.25. The predicted octanol–water partition coefficient (Wildman–Crippen LogP) is 11.7. The van der Waals surface area contributed by atoms with Crippen LogP contribution >= 0.6 is 0 Å². The normalized spacial score (nSPS) is 42.4. The Morgan fingerprint density at radius 2 is 1.53 bits per heavy atom. The highest BCUT2D eigenvalue weighted by atomic mass is 16.7. The predicted molar refractivity (Wildman–Crippen MR) is 192 cm³/mol. The van der Waals surface area contributed by atoms with Crippen LogP contribution in [-0.4, -0.2) is 30.6 Å². The number of hydrogen-bond donors (Lipinski definition) is 0. The molecule has 0 aromatic rings. The minimum absolute atomic E-state index is 0.0465. The number of hydrogen-bond acceptors (Lipinski definition) is 4. The SMILES string of the molecule is CCCCCCCCCCCCCCCC(=O)O[C@H]1CC[C@@]2(C)C(=CCC3C4CC5O[C@]6(CC[C@H](C)CO6)C(C)C5[C@@]4(C)CCC32)C1. The molecule has 0 bridgehead atoms. The van der Waals surface area contributed by atoms with Crippen LogP contribution in [0.5, 0.6) is 0 Å². The topological polar surface area (TPSA) is 44.8 Å². The van der Waals surface area contributed by atoms with Crippen LogP contribution in [0.3, 0.4) is 0 Å². The molecule has 47 heavy (non-hydrogen) atoms. The molecule has 4 aliphatic carbocycles. The van der Waals surface area contributed by atoms with Crippen molar-refractivity contribution in [1.82, 2.24) is 0 Å². The Morgan fingerprint density at radius 1 is 0.851 bits per heavy atom. The molecular formula is C43H72O4. The number of carbonyl (C=O) groups excluding carboxylic acids is 1. The average Bonchev–Trinajstić information content (AvgIpc) is 3.50. The second kappa shape index (κ2) is 15.6. The lowest BCUT2D eigenvalue weighted by molar-refractivity contribution is -0.272. The van der Waals surface area contributed by atoms with Gasteiger partial charge in [-0.25, -0.2) is 0 Å². The molecule has 0 aromatic carbocycles. The fourth-order valence-corrected chi connectivity index (χ4v) is 12.3. The average molecular weight is 653 g/mol. The minimum atomic E-state index is -0.319. The summed E-state index contributed by atoms with van der Waals surface area (Å²) in [7, 11) is 0. The van der Waals surface area contributed by atoms with Gasteiger partial charge in [0.25, 0.3) is 0 Å². The van der Waals surface area contributed by atoms with Crippen LogP contribution < -0.4 is 0 Å². The van der Waals surface area contributed by atoms with Crippen LogP contribution in [0.15, 0.2) is 11.6 Å². The van der Waals surface area contributed by atoms with Gasteiger partial charge >= 0.3 is 5.97 Å². The lowest BCUT2D eigenvalue weighted by Gasteiger charge is -2.58. The zero-order chi connectivity index (χ0) is 33.1. The van der Waals surface area contributed by atoms with Crippen molar-refractivity contribution in [2.75, 3.05) is 6.61 Å². The largest absolute Gasteiger partial charge is 0.462 e. The number of rotatable bonds is 15. The standard InChI is InChI=1S/C43H72O4/c1-6-7-8-9-10-11-12-13-14-15-16-17-18-19-39(44)46-34-23-25-41(4)33(28-34)20-21-35-36(41)24-26-42(5)37(35)29-38-40(42)32(3)43(47-38)27-22-31(2)30-45-43/h20,31-32,34-38,40H,6-19,21-30H2,1-5H3/t31-,32?,34-,35?,36?,37?,38?,40?,41-,42-,43+/m0/s1. The van der Waals surface area contributed by atoms with Crippen LogP contribution in [0.2, 0.25) is 0 Å². The van der Waals surface area contributed by atoms with E-state index in [9.17, 15) is 4.79 Å². The van der Waals surface area contributed by atoms with Crippen molar-refractivity contribution in [3.8, 4) is 0 Å². The maximum atomic E-state index is 12.8. The summed E-state index contributed by atoms with van der Waals surface area (Å²) in [6, 6.07) is 0. The van der Waals surface area contributed by atoms with Gasteiger partial charge in [0.1, 0.15) is 6.10 Å². The molecule has 2 aliphatic heterocycles. The van der Waals surface area contributed by atoms with Crippen molar-refractivity contribution in [2.24, 2.45) is 46.3 Å². The molecule has 5 fully saturated rings. The second-order valence-corrected chi connectivity index (χ2v) is 18.1. The molecule has 268 valence electrons. The van der Waals surface area contributed by atoms with E-state index in [1.165, 1.54) is 116 Å². The molecule has 6 rings (SSSR count). The fraction of sp³-hybridized carbons (Fsp3) is 0.930. The molecule has 0 N–H and O–H groups in total. The van der Waals surface area contributed by atoms with Crippen molar-refractivity contribution < 1.29 is 19.0 Å². The van der Waals surface area contributed by atoms with Gasteiger partial charge in [-0.2, -0.15) is 0 Å². The van der Waals surface area contributed by atoms with Gasteiger partial charge < -0.3 is 14.2 Å². The van der Waals surface area contributed by atoms with Gasteiger partial charge in [-0.05, 0) is 91.8 Å². The molecule has 4 nitrogen and oxygen atoms in total. The Morgan fingerprint density at radius 3 is 2.19 bits per heavy atom. The van der Waals surface area contributed by atoms with E-state index in [1.807, 2.05) is 0 Å². The van der Waals surface area contributed by atoms with Crippen LogP contribution in [0.25, 0.3) is 0 Å². The lowest BCUT2D eigenvalue weighted by Crippen LogP contribution is -2.52. The molecule has 2 heterocycles. The number of ether oxygens (including phenoxy) is 3. The van der Waals surface area contributed by atoms with E-state index < -0.39 is 0 Å². The summed E-state index contributed by atoms with van der Waals surface area (Å²) in [5.74, 6) is 3.78. The highest BCUT2D eigenvalue weighted by Crippen LogP contribution is 2.70. The molecule has 11 atom stereocenters. The Hall–Kier alpha value is -0.870. The first-order valence-electron chi connectivity index (χ1n) is 20.9. The molecule has 4 heteroatoms. The van der Waals surface area contributed by atoms with E-state index in [0.717, 1.165) is 50.0 Å². The third-order valence-corrected chi connectivity index (χ3v) is 15.1. The summed E-state index contributed by atoms with van der Waals surface area (Å²) < 4.78 is 19.7. The smallest absolute Gasteiger partial charge is 0.306 e. The molecule has 6 unspecified atom stereocenters. The van der Waals surface area contributed by atoms with E-state index in [2.05, 4.69) is 40.7 Å². The zero-order valence-corrected chi connectivity index (χ0v) is 31.3. The van der Waals surface area contributed by atoms with Gasteiger partial charge in [-0.3, -0.25) is 4.79 Å². The summed E-state index contributed by atoms with van der Waals surface area (Å²) in [6.45, 7) is 13.1. The Kier molecular flexibility index (Phi) is 11.9. The number of esters is 1. The number of unbranched alkanes of at least 4 members (excludes halogenated alkanes) is 12. The maximum Gasteiger partial charge on any atom is 0.306 e. The summed E-state index contributed by atoms with van der Waals surface area (Å²) in [5, 5.41) is 0. The Labute approximate surface area is 289 Å². The molecule has 2 saturated heterocycles. The van der Waals surface area contributed by atoms with Gasteiger partial charge in [0.2, 0.25) is 0 Å². The molecule has 0 radical (unpaired) electrons. The molecule has 0 aromatic heterocycles. The van der Waals surface area contributed by atoms with Crippen molar-refractivity contribution in [3.05, 3.63) is 11.6 Å². The fourth-order valence-electron chi connectivity index (χ4n) is 12.3. The van der Waals surface area contributed by atoms with Crippen molar-refractivity contribution in [3.63, 3.8) is 0 Å². The first-order chi connectivity index (χ1) is 22.7. The van der Waals surface area contributed by atoms with Crippen molar-refractivity contribution in [2.45, 2.75) is 200 Å². The van der Waals surface area contributed by atoms with Crippen LogP contribution in [-0.2, 0) is 19.0 Å². The van der Waals surface area contributed by atoms with Gasteiger partial charge in [-0.15, -0.1) is 0 Å². The quantitative estimate of drug-likeness (QED) is 0.100. The third kappa shape index (κ3) is 7.45. The van der Waals surface area contributed by atoms with Crippen LogP contribution in [0, 0.1) is 46.3 Å². The first kappa shape index (κ1) is 35.9. The summed E-state index contributed by atoms with van der Waals surface area (Å²) in [6.07, 6.45) is 31.6. The molecule has 6 aliphatic rings. The van der Waals surface area contributed by atoms with Crippen molar-refractivity contribution in [1.29, 1.82) is 0 Å². The molecule has 3 saturated carbocycles.